The molecule has 1 aromatic heterocycles. The molecule has 0 saturated carbocycles. The molecule has 3 heterocycles. The minimum absolute atomic E-state index is 0.108. The molecule has 3 aromatic rings. The van der Waals surface area contributed by atoms with Crippen molar-refractivity contribution in [3.8, 4) is 18.0 Å². The molecular formula is C28H31N3. The Balaban J connectivity index is 0.000000180. The molecule has 1 spiro atoms. The largest absolute Gasteiger partial charge is 0.372 e. The summed E-state index contributed by atoms with van der Waals surface area (Å²) in [5.74, 6) is 2.62. The van der Waals surface area contributed by atoms with E-state index >= 15 is 0 Å². The first-order chi connectivity index (χ1) is 15.0. The Morgan fingerprint density at radius 2 is 1.87 bits per heavy atom. The molecule has 2 aliphatic rings. The van der Waals surface area contributed by atoms with Crippen molar-refractivity contribution in [3.63, 3.8) is 0 Å². The van der Waals surface area contributed by atoms with Crippen LogP contribution in [0.2, 0.25) is 0 Å². The van der Waals surface area contributed by atoms with Gasteiger partial charge in [-0.1, -0.05) is 36.8 Å². The number of likely N-dealkylation sites (tertiary alicyclic amines) is 1. The molecule has 0 aliphatic carbocycles. The summed E-state index contributed by atoms with van der Waals surface area (Å²) in [6, 6.07) is 17.1. The minimum atomic E-state index is 0.108. The molecule has 31 heavy (non-hydrogen) atoms. The smallest absolute Gasteiger partial charge is 0.0804 e. The second-order valence-electron chi connectivity index (χ2n) is 8.72. The van der Waals surface area contributed by atoms with Crippen molar-refractivity contribution in [3.05, 3.63) is 89.3 Å². The molecular weight excluding hydrogens is 378 g/mol. The summed E-state index contributed by atoms with van der Waals surface area (Å²) in [4.78, 5) is 2.42. The maximum Gasteiger partial charge on any atom is 0.0804 e. The molecule has 0 atom stereocenters. The van der Waals surface area contributed by atoms with Crippen molar-refractivity contribution < 1.29 is 0 Å². The lowest BCUT2D eigenvalue weighted by molar-refractivity contribution is 0.199. The molecule has 5 rings (SSSR count). The van der Waals surface area contributed by atoms with Crippen molar-refractivity contribution in [2.75, 3.05) is 25.5 Å². The van der Waals surface area contributed by atoms with Gasteiger partial charge < -0.3 is 14.8 Å². The first-order valence-corrected chi connectivity index (χ1v) is 10.9. The minimum Gasteiger partial charge on any atom is -0.372 e. The van der Waals surface area contributed by atoms with Gasteiger partial charge in [0.1, 0.15) is 0 Å². The number of nitrogens with zero attached hydrogens (tertiary/aromatic N) is 2. The highest BCUT2D eigenvalue weighted by atomic mass is 15.2. The summed E-state index contributed by atoms with van der Waals surface area (Å²) in [5, 5.41) is 3.87. The highest BCUT2D eigenvalue weighted by molar-refractivity contribution is 5.68. The molecule has 0 unspecified atom stereocenters. The van der Waals surface area contributed by atoms with E-state index in [1.54, 1.807) is 6.08 Å². The third-order valence-corrected chi connectivity index (χ3v) is 6.52. The average Bonchev–Trinajstić information content (AvgIpc) is 3.28. The fourth-order valence-corrected chi connectivity index (χ4v) is 4.57. The van der Waals surface area contributed by atoms with E-state index in [0.29, 0.717) is 0 Å². The SMILES string of the molecule is C#Cc1cc(C=C)ccc1C.Cc1ccc2c(c1)NC1(CCN(C)CC1)c1cccn1-2. The van der Waals surface area contributed by atoms with Gasteiger partial charge in [0, 0.05) is 30.5 Å². The molecule has 3 nitrogen and oxygen atoms in total. The fraction of sp³-hybridized carbons (Fsp3) is 0.286. The van der Waals surface area contributed by atoms with Gasteiger partial charge in [-0.25, -0.2) is 0 Å². The summed E-state index contributed by atoms with van der Waals surface area (Å²) in [7, 11) is 2.22. The molecule has 3 heteroatoms. The number of rotatable bonds is 1. The summed E-state index contributed by atoms with van der Waals surface area (Å²) < 4.78 is 2.37. The topological polar surface area (TPSA) is 20.2 Å². The quantitative estimate of drug-likeness (QED) is 0.516. The first kappa shape index (κ1) is 21.0. The van der Waals surface area contributed by atoms with E-state index in [0.717, 1.165) is 29.8 Å². The predicted molar refractivity (Wildman–Crippen MR) is 132 cm³/mol. The van der Waals surface area contributed by atoms with Crippen molar-refractivity contribution in [2.24, 2.45) is 0 Å². The highest BCUT2D eigenvalue weighted by Crippen LogP contribution is 2.43. The Morgan fingerprint density at radius 1 is 1.10 bits per heavy atom. The molecule has 1 saturated heterocycles. The summed E-state index contributed by atoms with van der Waals surface area (Å²) in [5.41, 5.74) is 8.55. The summed E-state index contributed by atoms with van der Waals surface area (Å²) in [6.07, 6.45) is 11.6. The Kier molecular flexibility index (Phi) is 5.76. The molecule has 2 aromatic carbocycles. The maximum atomic E-state index is 5.29. The van der Waals surface area contributed by atoms with E-state index in [9.17, 15) is 0 Å². The molecule has 2 aliphatic heterocycles. The van der Waals surface area contributed by atoms with Gasteiger partial charge >= 0.3 is 0 Å². The van der Waals surface area contributed by atoms with Crippen LogP contribution in [0.25, 0.3) is 11.8 Å². The Bertz CT molecular complexity index is 1140. The lowest BCUT2D eigenvalue weighted by atomic mass is 9.82. The lowest BCUT2D eigenvalue weighted by Gasteiger charge is -2.45. The van der Waals surface area contributed by atoms with E-state index in [-0.39, 0.29) is 5.54 Å². The Hall–Kier alpha value is -3.22. The van der Waals surface area contributed by atoms with Crippen LogP contribution in [-0.2, 0) is 5.54 Å². The number of benzene rings is 2. The number of hydrogen-bond donors (Lipinski definition) is 1. The second-order valence-corrected chi connectivity index (χ2v) is 8.72. The zero-order valence-electron chi connectivity index (χ0n) is 18.8. The van der Waals surface area contributed by atoms with E-state index in [2.05, 4.69) is 77.8 Å². The lowest BCUT2D eigenvalue weighted by Crippen LogP contribution is -2.48. The van der Waals surface area contributed by atoms with Crippen LogP contribution in [0.5, 0.6) is 0 Å². The number of nitrogens with one attached hydrogen (secondary N) is 1. The number of piperidine rings is 1. The zero-order valence-corrected chi connectivity index (χ0v) is 18.8. The molecule has 1 N–H and O–H groups in total. The zero-order chi connectivity index (χ0) is 22.0. The van der Waals surface area contributed by atoms with Gasteiger partial charge in [-0.05, 0) is 80.8 Å². The van der Waals surface area contributed by atoms with Crippen LogP contribution in [0.1, 0.15) is 40.8 Å². The molecule has 0 radical (unpaired) electrons. The molecule has 1 fully saturated rings. The maximum absolute atomic E-state index is 5.29. The number of terminal acetylenes is 1. The van der Waals surface area contributed by atoms with Gasteiger partial charge in [0.25, 0.3) is 0 Å². The third-order valence-electron chi connectivity index (χ3n) is 6.52. The summed E-state index contributed by atoms with van der Waals surface area (Å²) >= 11 is 0. The Labute approximate surface area is 186 Å². The number of fused-ring (bicyclic) bond motifs is 4. The van der Waals surface area contributed by atoms with Gasteiger partial charge in [0.2, 0.25) is 0 Å². The average molecular weight is 410 g/mol. The first-order valence-electron chi connectivity index (χ1n) is 10.9. The van der Waals surface area contributed by atoms with E-state index < -0.39 is 0 Å². The van der Waals surface area contributed by atoms with Gasteiger partial charge in [-0.3, -0.25) is 0 Å². The summed E-state index contributed by atoms with van der Waals surface area (Å²) in [6.45, 7) is 10.1. The van der Waals surface area contributed by atoms with Gasteiger partial charge in [0.15, 0.2) is 0 Å². The standard InChI is InChI=1S/C17H21N3.C11H10/c1-13-5-6-15-14(12-13)18-17(7-10-19(2)11-8-17)16-4-3-9-20(15)16;1-4-10-7-6-9(3)11(5-2)8-10/h3-6,9,12,18H,7-8,10-11H2,1-2H3;2,4,6-8H,1H2,3H3. The molecule has 158 valence electrons. The van der Waals surface area contributed by atoms with Crippen LogP contribution in [0.4, 0.5) is 5.69 Å². The van der Waals surface area contributed by atoms with Crippen LogP contribution in [0.3, 0.4) is 0 Å². The van der Waals surface area contributed by atoms with Crippen molar-refractivity contribution in [2.45, 2.75) is 32.2 Å². The number of aromatic nitrogens is 1. The van der Waals surface area contributed by atoms with Gasteiger partial charge in [0.05, 0.1) is 16.9 Å². The number of aryl methyl sites for hydroxylation is 2. The predicted octanol–water partition coefficient (Wildman–Crippen LogP) is 5.75. The van der Waals surface area contributed by atoms with Crippen molar-refractivity contribution in [1.82, 2.24) is 9.47 Å². The van der Waals surface area contributed by atoms with Gasteiger partial charge in [-0.15, -0.1) is 6.42 Å². The number of hydrogen-bond acceptors (Lipinski definition) is 2. The van der Waals surface area contributed by atoms with Crippen LogP contribution >= 0.6 is 0 Å². The van der Waals surface area contributed by atoms with E-state index in [4.69, 9.17) is 6.42 Å². The van der Waals surface area contributed by atoms with Gasteiger partial charge in [-0.2, -0.15) is 0 Å². The van der Waals surface area contributed by atoms with E-state index in [1.807, 2.05) is 25.1 Å². The third kappa shape index (κ3) is 4.04. The van der Waals surface area contributed by atoms with Crippen LogP contribution in [0.15, 0.2) is 61.3 Å². The van der Waals surface area contributed by atoms with Crippen molar-refractivity contribution in [1.29, 1.82) is 0 Å². The second kappa shape index (κ2) is 8.49. The van der Waals surface area contributed by atoms with Crippen LogP contribution in [-0.4, -0.2) is 29.6 Å². The number of anilines is 1. The van der Waals surface area contributed by atoms with Crippen LogP contribution in [0, 0.1) is 26.2 Å². The molecule has 0 bridgehead atoms. The highest BCUT2D eigenvalue weighted by Gasteiger charge is 2.40. The fourth-order valence-electron chi connectivity index (χ4n) is 4.57. The van der Waals surface area contributed by atoms with Crippen LogP contribution < -0.4 is 5.32 Å². The van der Waals surface area contributed by atoms with Crippen molar-refractivity contribution >= 4 is 11.8 Å². The molecule has 0 amide bonds. The monoisotopic (exact) mass is 409 g/mol. The Morgan fingerprint density at radius 3 is 2.58 bits per heavy atom. The normalized spacial score (nSPS) is 16.2. The van der Waals surface area contributed by atoms with E-state index in [1.165, 1.54) is 35.5 Å².